The molecular weight excluding hydrogens is 506 g/mol. The van der Waals surface area contributed by atoms with E-state index in [0.717, 1.165) is 11.4 Å². The molecule has 0 aliphatic heterocycles. The Hall–Kier alpha value is -4.25. The summed E-state index contributed by atoms with van der Waals surface area (Å²) < 4.78 is 13.7. The van der Waals surface area contributed by atoms with Gasteiger partial charge in [0.1, 0.15) is 0 Å². The Morgan fingerprint density at radius 1 is 0.868 bits per heavy atom. The fourth-order valence-electron chi connectivity index (χ4n) is 4.06. The smallest absolute Gasteiger partial charge is 0.338 e. The summed E-state index contributed by atoms with van der Waals surface area (Å²) in [5.74, 6) is -1.09. The van der Waals surface area contributed by atoms with Crippen LogP contribution in [0.2, 0.25) is 0 Å². The molecule has 0 aliphatic carbocycles. The lowest BCUT2D eigenvalue weighted by atomic mass is 10.1. The zero-order chi connectivity index (χ0) is 27.2. The SMILES string of the molecule is CCOC(=O)c1cc(C(=O)OCC)cc(-n2c(C)cc(C(=O)CSc3nnnn3-c3ccccc3)c2C)c1. The van der Waals surface area contributed by atoms with Crippen molar-refractivity contribution in [2.24, 2.45) is 0 Å². The summed E-state index contributed by atoms with van der Waals surface area (Å²) in [5.41, 5.74) is 3.74. The third-order valence-corrected chi connectivity index (χ3v) is 6.62. The van der Waals surface area contributed by atoms with E-state index in [0.29, 0.717) is 22.1 Å². The number of esters is 2. The monoisotopic (exact) mass is 533 g/mol. The van der Waals surface area contributed by atoms with Gasteiger partial charge in [-0.1, -0.05) is 30.0 Å². The van der Waals surface area contributed by atoms with Gasteiger partial charge in [-0.3, -0.25) is 4.79 Å². The standard InChI is InChI=1S/C27H27N5O5S/c1-5-36-25(34)19-13-20(26(35)37-6-2)15-22(14-19)31-17(3)12-23(18(31)4)24(33)16-38-27-28-29-30-32(27)21-10-8-7-9-11-21/h7-15H,5-6,16H2,1-4H3. The topological polar surface area (TPSA) is 118 Å². The van der Waals surface area contributed by atoms with Crippen molar-refractivity contribution < 1.29 is 23.9 Å². The number of nitrogens with zero attached hydrogens (tertiary/aromatic N) is 5. The number of Topliss-reactive ketones (excluding diaryl/α,β-unsaturated/α-hetero) is 1. The molecule has 0 fully saturated rings. The van der Waals surface area contributed by atoms with E-state index in [-0.39, 0.29) is 35.9 Å². The van der Waals surface area contributed by atoms with Crippen LogP contribution >= 0.6 is 11.8 Å². The van der Waals surface area contributed by atoms with Crippen LogP contribution in [0.15, 0.2) is 59.8 Å². The second kappa shape index (κ2) is 11.9. The quantitative estimate of drug-likeness (QED) is 0.166. The van der Waals surface area contributed by atoms with Gasteiger partial charge in [0.25, 0.3) is 0 Å². The van der Waals surface area contributed by atoms with Crippen molar-refractivity contribution in [3.8, 4) is 11.4 Å². The molecule has 2 heterocycles. The van der Waals surface area contributed by atoms with Crippen molar-refractivity contribution in [2.45, 2.75) is 32.9 Å². The number of tetrazole rings is 1. The number of para-hydroxylation sites is 1. The number of rotatable bonds is 10. The van der Waals surface area contributed by atoms with Crippen LogP contribution in [0, 0.1) is 13.8 Å². The van der Waals surface area contributed by atoms with Gasteiger partial charge in [-0.15, -0.1) is 5.10 Å². The Balaban J connectivity index is 1.63. The predicted octanol–water partition coefficient (Wildman–Crippen LogP) is 4.40. The molecule has 0 radical (unpaired) electrons. The Morgan fingerprint density at radius 3 is 2.11 bits per heavy atom. The summed E-state index contributed by atoms with van der Waals surface area (Å²) in [6, 6.07) is 15.9. The minimum Gasteiger partial charge on any atom is -0.462 e. The van der Waals surface area contributed by atoms with Gasteiger partial charge in [0.05, 0.1) is 35.8 Å². The van der Waals surface area contributed by atoms with Gasteiger partial charge in [-0.25, -0.2) is 9.59 Å². The first-order valence-corrected chi connectivity index (χ1v) is 13.0. The van der Waals surface area contributed by atoms with Crippen molar-refractivity contribution in [1.82, 2.24) is 24.8 Å². The molecule has 0 spiro atoms. The Labute approximate surface area is 223 Å². The molecule has 0 saturated heterocycles. The van der Waals surface area contributed by atoms with Gasteiger partial charge in [0.15, 0.2) is 5.78 Å². The second-order valence-corrected chi connectivity index (χ2v) is 9.19. The summed E-state index contributed by atoms with van der Waals surface area (Å²) in [4.78, 5) is 38.3. The molecule has 0 atom stereocenters. The molecule has 2 aromatic heterocycles. The molecule has 4 aromatic rings. The van der Waals surface area contributed by atoms with Gasteiger partial charge in [-0.2, -0.15) is 4.68 Å². The molecular formula is C27H27N5O5S. The summed E-state index contributed by atoms with van der Waals surface area (Å²) in [6.07, 6.45) is 0. The van der Waals surface area contributed by atoms with Gasteiger partial charge in [0, 0.05) is 22.6 Å². The van der Waals surface area contributed by atoms with Crippen molar-refractivity contribution in [3.63, 3.8) is 0 Å². The van der Waals surface area contributed by atoms with Crippen LogP contribution in [0.5, 0.6) is 0 Å². The summed E-state index contributed by atoms with van der Waals surface area (Å²) in [6.45, 7) is 7.49. The Morgan fingerprint density at radius 2 is 1.50 bits per heavy atom. The molecule has 10 nitrogen and oxygen atoms in total. The zero-order valence-electron chi connectivity index (χ0n) is 21.5. The maximum absolute atomic E-state index is 13.3. The van der Waals surface area contributed by atoms with E-state index >= 15 is 0 Å². The maximum Gasteiger partial charge on any atom is 0.338 e. The molecule has 0 N–H and O–H groups in total. The summed E-state index contributed by atoms with van der Waals surface area (Å²) in [7, 11) is 0. The van der Waals surface area contributed by atoms with E-state index < -0.39 is 11.9 Å². The summed E-state index contributed by atoms with van der Waals surface area (Å²) in [5, 5.41) is 12.3. The molecule has 196 valence electrons. The number of ether oxygens (including phenoxy) is 2. The van der Waals surface area contributed by atoms with E-state index in [2.05, 4.69) is 15.5 Å². The van der Waals surface area contributed by atoms with Crippen molar-refractivity contribution in [1.29, 1.82) is 0 Å². The minimum atomic E-state index is -0.550. The first kappa shape index (κ1) is 26.8. The van der Waals surface area contributed by atoms with Crippen LogP contribution < -0.4 is 0 Å². The van der Waals surface area contributed by atoms with Crippen LogP contribution in [-0.2, 0) is 9.47 Å². The van der Waals surface area contributed by atoms with E-state index in [1.54, 1.807) is 36.7 Å². The number of benzene rings is 2. The number of aryl methyl sites for hydroxylation is 1. The average Bonchev–Trinajstić information content (AvgIpc) is 3.51. The third kappa shape index (κ3) is 5.67. The lowest BCUT2D eigenvalue weighted by molar-refractivity contribution is 0.0525. The lowest BCUT2D eigenvalue weighted by Crippen LogP contribution is -2.12. The number of aromatic nitrogens is 5. The largest absolute Gasteiger partial charge is 0.462 e. The fraction of sp³-hybridized carbons (Fsp3) is 0.259. The zero-order valence-corrected chi connectivity index (χ0v) is 22.3. The minimum absolute atomic E-state index is 0.107. The fourth-order valence-corrected chi connectivity index (χ4v) is 4.83. The molecule has 4 rings (SSSR count). The lowest BCUT2D eigenvalue weighted by Gasteiger charge is -2.14. The normalized spacial score (nSPS) is 10.8. The number of carbonyl (C=O) groups is 3. The number of thioether (sulfide) groups is 1. The maximum atomic E-state index is 13.3. The highest BCUT2D eigenvalue weighted by atomic mass is 32.2. The predicted molar refractivity (Wildman–Crippen MR) is 141 cm³/mol. The van der Waals surface area contributed by atoms with Gasteiger partial charge < -0.3 is 14.0 Å². The molecule has 0 unspecified atom stereocenters. The highest BCUT2D eigenvalue weighted by Crippen LogP contribution is 2.26. The molecule has 38 heavy (non-hydrogen) atoms. The van der Waals surface area contributed by atoms with Crippen LogP contribution in [-0.4, -0.2) is 61.5 Å². The summed E-state index contributed by atoms with van der Waals surface area (Å²) >= 11 is 1.24. The van der Waals surface area contributed by atoms with Gasteiger partial charge in [0.2, 0.25) is 5.16 Å². The van der Waals surface area contributed by atoms with Crippen molar-refractivity contribution in [2.75, 3.05) is 19.0 Å². The first-order chi connectivity index (χ1) is 18.3. The molecule has 11 heteroatoms. The van der Waals surface area contributed by atoms with Crippen LogP contribution in [0.1, 0.15) is 56.3 Å². The van der Waals surface area contributed by atoms with E-state index in [4.69, 9.17) is 9.47 Å². The number of ketones is 1. The van der Waals surface area contributed by atoms with E-state index in [1.165, 1.54) is 17.8 Å². The third-order valence-electron chi connectivity index (χ3n) is 5.70. The number of hydrogen-bond acceptors (Lipinski definition) is 9. The molecule has 0 amide bonds. The first-order valence-electron chi connectivity index (χ1n) is 12.0. The van der Waals surface area contributed by atoms with Gasteiger partial charge in [-0.05, 0) is 74.5 Å². The molecule has 0 saturated carbocycles. The molecule has 2 aromatic carbocycles. The van der Waals surface area contributed by atoms with E-state index in [1.807, 2.05) is 48.7 Å². The van der Waals surface area contributed by atoms with E-state index in [9.17, 15) is 14.4 Å². The average molecular weight is 534 g/mol. The second-order valence-electron chi connectivity index (χ2n) is 8.25. The Kier molecular flexibility index (Phi) is 8.37. The van der Waals surface area contributed by atoms with Crippen LogP contribution in [0.4, 0.5) is 0 Å². The highest BCUT2D eigenvalue weighted by Gasteiger charge is 2.21. The molecule has 0 bridgehead atoms. The Bertz CT molecular complexity index is 1440. The van der Waals surface area contributed by atoms with Crippen LogP contribution in [0.3, 0.4) is 0 Å². The van der Waals surface area contributed by atoms with Gasteiger partial charge >= 0.3 is 11.9 Å². The van der Waals surface area contributed by atoms with Crippen molar-refractivity contribution >= 4 is 29.5 Å². The highest BCUT2D eigenvalue weighted by molar-refractivity contribution is 7.99. The number of hydrogen-bond donors (Lipinski definition) is 0. The van der Waals surface area contributed by atoms with Crippen LogP contribution in [0.25, 0.3) is 11.4 Å². The number of carbonyl (C=O) groups excluding carboxylic acids is 3. The van der Waals surface area contributed by atoms with Crippen molar-refractivity contribution in [3.05, 3.63) is 82.7 Å². The molecule has 0 aliphatic rings.